The summed E-state index contributed by atoms with van der Waals surface area (Å²) in [5.74, 6) is 0.640. The zero-order valence-electron chi connectivity index (χ0n) is 12.2. The predicted octanol–water partition coefficient (Wildman–Crippen LogP) is 4.14. The first-order valence-electron chi connectivity index (χ1n) is 7.51. The van der Waals surface area contributed by atoms with Gasteiger partial charge >= 0.3 is 0 Å². The lowest BCUT2D eigenvalue weighted by molar-refractivity contribution is 0.340. The van der Waals surface area contributed by atoms with Crippen molar-refractivity contribution in [3.05, 3.63) is 53.8 Å². The van der Waals surface area contributed by atoms with Gasteiger partial charge in [-0.05, 0) is 49.1 Å². The van der Waals surface area contributed by atoms with Crippen LogP contribution in [0.1, 0.15) is 25.3 Å². The Balaban J connectivity index is 1.74. The van der Waals surface area contributed by atoms with Gasteiger partial charge in [0.05, 0.1) is 6.61 Å². The molecule has 0 amide bonds. The highest BCUT2D eigenvalue weighted by Crippen LogP contribution is 2.26. The van der Waals surface area contributed by atoms with Crippen molar-refractivity contribution in [1.82, 2.24) is 5.32 Å². The fourth-order valence-electron chi connectivity index (χ4n) is 2.35. The van der Waals surface area contributed by atoms with Crippen molar-refractivity contribution < 1.29 is 9.13 Å². The minimum absolute atomic E-state index is 0.172. The Morgan fingerprint density at radius 3 is 2.52 bits per heavy atom. The van der Waals surface area contributed by atoms with Gasteiger partial charge in [-0.3, -0.25) is 0 Å². The van der Waals surface area contributed by atoms with Gasteiger partial charge in [0.1, 0.15) is 11.6 Å². The van der Waals surface area contributed by atoms with E-state index in [9.17, 15) is 4.39 Å². The van der Waals surface area contributed by atoms with E-state index in [1.807, 2.05) is 43.3 Å². The molecule has 0 aromatic heterocycles. The smallest absolute Gasteiger partial charge is 0.131 e. The Morgan fingerprint density at radius 2 is 1.90 bits per heavy atom. The quantitative estimate of drug-likeness (QED) is 0.861. The van der Waals surface area contributed by atoms with E-state index >= 15 is 0 Å². The lowest BCUT2D eigenvalue weighted by atomic mass is 10.0. The van der Waals surface area contributed by atoms with Crippen LogP contribution in [0, 0.1) is 5.82 Å². The molecule has 0 spiro atoms. The summed E-state index contributed by atoms with van der Waals surface area (Å²) in [6, 6.07) is 13.7. The molecule has 110 valence electrons. The summed E-state index contributed by atoms with van der Waals surface area (Å²) in [5.41, 5.74) is 2.50. The summed E-state index contributed by atoms with van der Waals surface area (Å²) in [7, 11) is 0. The molecule has 0 bridgehead atoms. The highest BCUT2D eigenvalue weighted by atomic mass is 19.1. The normalized spacial score (nSPS) is 14.2. The van der Waals surface area contributed by atoms with Crippen molar-refractivity contribution >= 4 is 0 Å². The predicted molar refractivity (Wildman–Crippen MR) is 82.9 cm³/mol. The largest absolute Gasteiger partial charge is 0.494 e. The summed E-state index contributed by atoms with van der Waals surface area (Å²) in [6.45, 7) is 3.32. The number of benzene rings is 2. The van der Waals surface area contributed by atoms with Gasteiger partial charge in [-0.1, -0.05) is 24.3 Å². The van der Waals surface area contributed by atoms with Crippen LogP contribution in [0.15, 0.2) is 42.5 Å². The maximum absolute atomic E-state index is 14.3. The van der Waals surface area contributed by atoms with Crippen LogP contribution in [0.25, 0.3) is 11.1 Å². The van der Waals surface area contributed by atoms with Gasteiger partial charge in [-0.2, -0.15) is 0 Å². The second-order valence-electron chi connectivity index (χ2n) is 5.43. The molecule has 2 aromatic rings. The van der Waals surface area contributed by atoms with Crippen LogP contribution >= 0.6 is 0 Å². The van der Waals surface area contributed by atoms with Crippen LogP contribution in [0.3, 0.4) is 0 Å². The fourth-order valence-corrected chi connectivity index (χ4v) is 2.35. The Bertz CT molecular complexity index is 605. The average molecular weight is 285 g/mol. The SMILES string of the molecule is CCOc1ccc(-c2ccc(CNC3CC3)cc2F)cc1. The second kappa shape index (κ2) is 6.27. The molecule has 0 aliphatic heterocycles. The van der Waals surface area contributed by atoms with Gasteiger partial charge in [-0.25, -0.2) is 4.39 Å². The van der Waals surface area contributed by atoms with Gasteiger partial charge in [0.15, 0.2) is 0 Å². The molecule has 1 aliphatic carbocycles. The molecule has 0 unspecified atom stereocenters. The van der Waals surface area contributed by atoms with Crippen molar-refractivity contribution in [2.24, 2.45) is 0 Å². The molecule has 0 saturated heterocycles. The molecule has 3 heteroatoms. The second-order valence-corrected chi connectivity index (χ2v) is 5.43. The van der Waals surface area contributed by atoms with E-state index < -0.39 is 0 Å². The average Bonchev–Trinajstić information content (AvgIpc) is 3.31. The van der Waals surface area contributed by atoms with Gasteiger partial charge < -0.3 is 10.1 Å². The molecule has 1 aliphatic rings. The molecule has 2 nitrogen and oxygen atoms in total. The zero-order chi connectivity index (χ0) is 14.7. The van der Waals surface area contributed by atoms with Crippen molar-refractivity contribution in [2.75, 3.05) is 6.61 Å². The van der Waals surface area contributed by atoms with Crippen LogP contribution in [-0.2, 0) is 6.54 Å². The van der Waals surface area contributed by atoms with Crippen LogP contribution in [0.2, 0.25) is 0 Å². The number of hydrogen-bond donors (Lipinski definition) is 1. The highest BCUT2D eigenvalue weighted by Gasteiger charge is 2.20. The zero-order valence-corrected chi connectivity index (χ0v) is 12.2. The molecule has 1 N–H and O–H groups in total. The number of nitrogens with one attached hydrogen (secondary N) is 1. The van der Waals surface area contributed by atoms with Crippen molar-refractivity contribution in [2.45, 2.75) is 32.4 Å². The monoisotopic (exact) mass is 285 g/mol. The minimum atomic E-state index is -0.172. The molecule has 1 fully saturated rings. The fraction of sp³-hybridized carbons (Fsp3) is 0.333. The van der Waals surface area contributed by atoms with Crippen molar-refractivity contribution in [1.29, 1.82) is 0 Å². The molecule has 2 aromatic carbocycles. The van der Waals surface area contributed by atoms with E-state index in [-0.39, 0.29) is 5.82 Å². The first-order valence-corrected chi connectivity index (χ1v) is 7.51. The molecule has 0 radical (unpaired) electrons. The molecular weight excluding hydrogens is 265 g/mol. The number of hydrogen-bond acceptors (Lipinski definition) is 2. The maximum Gasteiger partial charge on any atom is 0.131 e. The molecule has 1 saturated carbocycles. The van der Waals surface area contributed by atoms with E-state index in [1.54, 1.807) is 6.07 Å². The lowest BCUT2D eigenvalue weighted by Gasteiger charge is -2.08. The molecular formula is C18H20FNO. The van der Waals surface area contributed by atoms with E-state index in [2.05, 4.69) is 5.32 Å². The Labute approximate surface area is 125 Å². The number of ether oxygens (including phenoxy) is 1. The van der Waals surface area contributed by atoms with Gasteiger partial charge in [0.25, 0.3) is 0 Å². The summed E-state index contributed by atoms with van der Waals surface area (Å²) in [6.07, 6.45) is 2.49. The van der Waals surface area contributed by atoms with Crippen LogP contribution in [0.5, 0.6) is 5.75 Å². The summed E-state index contributed by atoms with van der Waals surface area (Å²) < 4.78 is 19.7. The topological polar surface area (TPSA) is 21.3 Å². The van der Waals surface area contributed by atoms with Gasteiger partial charge in [-0.15, -0.1) is 0 Å². The van der Waals surface area contributed by atoms with E-state index in [0.717, 1.165) is 23.4 Å². The molecule has 0 heterocycles. The lowest BCUT2D eigenvalue weighted by Crippen LogP contribution is -2.15. The van der Waals surface area contributed by atoms with Crippen LogP contribution in [0.4, 0.5) is 4.39 Å². The standard InChI is InChI=1S/C18H20FNO/c1-2-21-16-8-4-14(5-9-16)17-10-3-13(11-18(17)19)12-20-15-6-7-15/h3-5,8-11,15,20H,2,6-7,12H2,1H3. The summed E-state index contributed by atoms with van der Waals surface area (Å²) in [4.78, 5) is 0. The first kappa shape index (κ1) is 14.1. The number of rotatable bonds is 6. The Morgan fingerprint density at radius 1 is 1.14 bits per heavy atom. The van der Waals surface area contributed by atoms with Crippen LogP contribution < -0.4 is 10.1 Å². The van der Waals surface area contributed by atoms with E-state index in [4.69, 9.17) is 4.74 Å². The Kier molecular flexibility index (Phi) is 4.20. The molecule has 0 atom stereocenters. The third-order valence-electron chi connectivity index (χ3n) is 3.68. The number of halogens is 1. The first-order chi connectivity index (χ1) is 10.3. The van der Waals surface area contributed by atoms with Crippen molar-refractivity contribution in [3.8, 4) is 16.9 Å². The third kappa shape index (κ3) is 3.61. The van der Waals surface area contributed by atoms with Crippen molar-refractivity contribution in [3.63, 3.8) is 0 Å². The Hall–Kier alpha value is -1.87. The summed E-state index contributed by atoms with van der Waals surface area (Å²) >= 11 is 0. The van der Waals surface area contributed by atoms with E-state index in [1.165, 1.54) is 12.8 Å². The van der Waals surface area contributed by atoms with Gasteiger partial charge in [0.2, 0.25) is 0 Å². The summed E-state index contributed by atoms with van der Waals surface area (Å²) in [5, 5.41) is 3.40. The minimum Gasteiger partial charge on any atom is -0.494 e. The molecule has 3 rings (SSSR count). The van der Waals surface area contributed by atoms with Crippen LogP contribution in [-0.4, -0.2) is 12.6 Å². The van der Waals surface area contributed by atoms with E-state index in [0.29, 0.717) is 18.2 Å². The molecule has 21 heavy (non-hydrogen) atoms. The third-order valence-corrected chi connectivity index (χ3v) is 3.68. The highest BCUT2D eigenvalue weighted by molar-refractivity contribution is 5.65. The maximum atomic E-state index is 14.3. The van der Waals surface area contributed by atoms with Gasteiger partial charge in [0, 0.05) is 18.2 Å².